The molecule has 2 rings (SSSR count). The zero-order valence-electron chi connectivity index (χ0n) is 10.0. The van der Waals surface area contributed by atoms with E-state index < -0.39 is 11.4 Å². The van der Waals surface area contributed by atoms with E-state index in [1.165, 1.54) is 13.2 Å². The molecule has 0 aliphatic heterocycles. The van der Waals surface area contributed by atoms with Crippen LogP contribution < -0.4 is 4.74 Å². The summed E-state index contributed by atoms with van der Waals surface area (Å²) in [6, 6.07) is 3.04. The van der Waals surface area contributed by atoms with Crippen LogP contribution >= 0.6 is 11.6 Å². The molecule has 0 aromatic heterocycles. The molecule has 1 fully saturated rings. The molecule has 5 heteroatoms. The number of ether oxygens (including phenoxy) is 1. The molecule has 1 saturated carbocycles. The van der Waals surface area contributed by atoms with Crippen molar-refractivity contribution in [2.75, 3.05) is 7.11 Å². The fraction of sp³-hybridized carbons (Fsp3) is 0.462. The molecule has 0 heterocycles. The molecule has 0 radical (unpaired) electrons. The molecular formula is C13H13ClFNO2. The lowest BCUT2D eigenvalue weighted by molar-refractivity contribution is 0.366. The Morgan fingerprint density at radius 1 is 1.44 bits per heavy atom. The number of methoxy groups -OCH3 is 1. The minimum Gasteiger partial charge on any atom is -0.496 e. The van der Waals surface area contributed by atoms with Gasteiger partial charge in [-0.3, -0.25) is 0 Å². The van der Waals surface area contributed by atoms with Crippen LogP contribution in [0.1, 0.15) is 31.2 Å². The first-order chi connectivity index (χ1) is 8.64. The molecule has 0 unspecified atom stereocenters. The summed E-state index contributed by atoms with van der Waals surface area (Å²) in [6.07, 6.45) is 4.55. The summed E-state index contributed by atoms with van der Waals surface area (Å²) >= 11 is 5.81. The highest BCUT2D eigenvalue weighted by atomic mass is 35.5. The predicted octanol–water partition coefficient (Wildman–Crippen LogP) is 3.59. The van der Waals surface area contributed by atoms with Gasteiger partial charge in [-0.2, -0.15) is 4.99 Å². The maximum atomic E-state index is 14.3. The first-order valence-electron chi connectivity index (χ1n) is 5.76. The lowest BCUT2D eigenvalue weighted by Crippen LogP contribution is -2.22. The molecule has 1 aromatic rings. The van der Waals surface area contributed by atoms with Crippen LogP contribution in [-0.2, 0) is 10.3 Å². The fourth-order valence-electron chi connectivity index (χ4n) is 2.60. The molecule has 1 aliphatic carbocycles. The van der Waals surface area contributed by atoms with Crippen LogP contribution in [0.15, 0.2) is 17.1 Å². The third-order valence-electron chi connectivity index (χ3n) is 3.43. The number of halogens is 2. The van der Waals surface area contributed by atoms with Crippen LogP contribution in [0, 0.1) is 5.82 Å². The van der Waals surface area contributed by atoms with Gasteiger partial charge in [0, 0.05) is 0 Å². The largest absolute Gasteiger partial charge is 0.496 e. The highest BCUT2D eigenvalue weighted by molar-refractivity contribution is 6.30. The second-order valence-electron chi connectivity index (χ2n) is 4.38. The van der Waals surface area contributed by atoms with Crippen LogP contribution in [0.5, 0.6) is 5.75 Å². The zero-order chi connectivity index (χ0) is 13.2. The van der Waals surface area contributed by atoms with E-state index in [-0.39, 0.29) is 10.6 Å². The number of carbonyl (C=O) groups excluding carboxylic acids is 1. The number of aliphatic imine (C=N–C) groups is 1. The Balaban J connectivity index is 2.67. The Hall–Kier alpha value is -1.38. The Morgan fingerprint density at radius 2 is 2.11 bits per heavy atom. The van der Waals surface area contributed by atoms with Gasteiger partial charge in [0.25, 0.3) is 0 Å². The second-order valence-corrected chi connectivity index (χ2v) is 4.79. The van der Waals surface area contributed by atoms with E-state index in [1.807, 2.05) is 0 Å². The van der Waals surface area contributed by atoms with Gasteiger partial charge in [-0.25, -0.2) is 9.18 Å². The number of nitrogens with zero attached hydrogens (tertiary/aromatic N) is 1. The molecule has 0 N–H and O–H groups in total. The lowest BCUT2D eigenvalue weighted by atomic mass is 9.87. The monoisotopic (exact) mass is 269 g/mol. The molecule has 0 bridgehead atoms. The molecule has 0 atom stereocenters. The maximum absolute atomic E-state index is 14.3. The maximum Gasteiger partial charge on any atom is 0.235 e. The summed E-state index contributed by atoms with van der Waals surface area (Å²) in [7, 11) is 1.46. The summed E-state index contributed by atoms with van der Waals surface area (Å²) in [5.74, 6) is -0.185. The average Bonchev–Trinajstić information content (AvgIpc) is 2.82. The van der Waals surface area contributed by atoms with Gasteiger partial charge in [-0.1, -0.05) is 24.4 Å². The van der Waals surface area contributed by atoms with Crippen LogP contribution in [0.3, 0.4) is 0 Å². The lowest BCUT2D eigenvalue weighted by Gasteiger charge is -2.25. The van der Waals surface area contributed by atoms with Crippen LogP contribution in [0.25, 0.3) is 0 Å². The molecule has 1 aliphatic rings. The highest BCUT2D eigenvalue weighted by Gasteiger charge is 2.41. The summed E-state index contributed by atoms with van der Waals surface area (Å²) in [4.78, 5) is 14.5. The van der Waals surface area contributed by atoms with E-state index in [1.54, 1.807) is 12.1 Å². The summed E-state index contributed by atoms with van der Waals surface area (Å²) in [6.45, 7) is 0. The quantitative estimate of drug-likeness (QED) is 0.621. The third-order valence-corrected chi connectivity index (χ3v) is 3.72. The van der Waals surface area contributed by atoms with E-state index in [0.717, 1.165) is 12.8 Å². The molecule has 0 saturated heterocycles. The van der Waals surface area contributed by atoms with E-state index in [0.29, 0.717) is 18.6 Å². The topological polar surface area (TPSA) is 38.7 Å². The summed E-state index contributed by atoms with van der Waals surface area (Å²) in [5, 5.41) is 0.0122. The van der Waals surface area contributed by atoms with Crippen molar-refractivity contribution in [2.24, 2.45) is 4.99 Å². The van der Waals surface area contributed by atoms with Crippen molar-refractivity contribution in [3.63, 3.8) is 0 Å². The molecule has 96 valence electrons. The first kappa shape index (κ1) is 13.1. The molecule has 1 aromatic carbocycles. The SMILES string of the molecule is COc1ccc(Cl)c(F)c1C1(N=C=O)CCCC1. The van der Waals surface area contributed by atoms with Crippen LogP contribution in [0.2, 0.25) is 5.02 Å². The molecular weight excluding hydrogens is 257 g/mol. The van der Waals surface area contributed by atoms with Gasteiger partial charge in [-0.15, -0.1) is 0 Å². The van der Waals surface area contributed by atoms with E-state index in [9.17, 15) is 9.18 Å². The fourth-order valence-corrected chi connectivity index (χ4v) is 2.76. The van der Waals surface area contributed by atoms with E-state index >= 15 is 0 Å². The Kier molecular flexibility index (Phi) is 3.69. The predicted molar refractivity (Wildman–Crippen MR) is 66.2 cm³/mol. The third kappa shape index (κ3) is 2.02. The van der Waals surface area contributed by atoms with Gasteiger partial charge in [0.1, 0.15) is 11.3 Å². The first-order valence-corrected chi connectivity index (χ1v) is 6.14. The number of rotatable bonds is 3. The van der Waals surface area contributed by atoms with Crippen molar-refractivity contribution in [1.29, 1.82) is 0 Å². The zero-order valence-corrected chi connectivity index (χ0v) is 10.8. The smallest absolute Gasteiger partial charge is 0.235 e. The van der Waals surface area contributed by atoms with Crippen molar-refractivity contribution in [3.8, 4) is 5.75 Å². The second kappa shape index (κ2) is 5.09. The van der Waals surface area contributed by atoms with Gasteiger partial charge >= 0.3 is 0 Å². The number of hydrogen-bond donors (Lipinski definition) is 0. The Bertz CT molecular complexity index is 506. The van der Waals surface area contributed by atoms with Crippen molar-refractivity contribution in [3.05, 3.63) is 28.5 Å². The van der Waals surface area contributed by atoms with Crippen LogP contribution in [0.4, 0.5) is 4.39 Å². The van der Waals surface area contributed by atoms with E-state index in [4.69, 9.17) is 16.3 Å². The normalized spacial score (nSPS) is 17.3. The van der Waals surface area contributed by atoms with E-state index in [2.05, 4.69) is 4.99 Å². The summed E-state index contributed by atoms with van der Waals surface area (Å²) < 4.78 is 19.4. The minimum absolute atomic E-state index is 0.0122. The van der Waals surface area contributed by atoms with Crippen molar-refractivity contribution in [2.45, 2.75) is 31.2 Å². The molecule has 3 nitrogen and oxygen atoms in total. The summed E-state index contributed by atoms with van der Waals surface area (Å²) in [5.41, 5.74) is -0.597. The van der Waals surface area contributed by atoms with Gasteiger partial charge in [0.15, 0.2) is 5.82 Å². The Morgan fingerprint density at radius 3 is 2.67 bits per heavy atom. The van der Waals surface area contributed by atoms with Crippen molar-refractivity contribution in [1.82, 2.24) is 0 Å². The minimum atomic E-state index is -0.873. The number of benzene rings is 1. The molecule has 18 heavy (non-hydrogen) atoms. The molecule has 0 amide bonds. The van der Waals surface area contributed by atoms with Gasteiger partial charge in [0.2, 0.25) is 6.08 Å². The molecule has 0 spiro atoms. The number of isocyanates is 1. The van der Waals surface area contributed by atoms with Crippen molar-refractivity contribution >= 4 is 17.7 Å². The highest BCUT2D eigenvalue weighted by Crippen LogP contribution is 2.47. The average molecular weight is 270 g/mol. The number of hydrogen-bond acceptors (Lipinski definition) is 3. The van der Waals surface area contributed by atoms with Crippen LogP contribution in [-0.4, -0.2) is 13.2 Å². The Labute approximate surface area is 110 Å². The van der Waals surface area contributed by atoms with Gasteiger partial charge in [0.05, 0.1) is 17.7 Å². The standard InChI is InChI=1S/C13H13ClFNO2/c1-18-10-5-4-9(14)12(15)11(10)13(16-8-17)6-2-3-7-13/h4-5H,2-3,6-7H2,1H3. The van der Waals surface area contributed by atoms with Gasteiger partial charge in [-0.05, 0) is 25.0 Å². The van der Waals surface area contributed by atoms with Crippen molar-refractivity contribution < 1.29 is 13.9 Å². The van der Waals surface area contributed by atoms with Gasteiger partial charge < -0.3 is 4.74 Å².